The molecule has 1 aliphatic carbocycles. The lowest BCUT2D eigenvalue weighted by Crippen LogP contribution is -2.20. The van der Waals surface area contributed by atoms with E-state index in [1.54, 1.807) is 5.38 Å². The molecule has 20 heavy (non-hydrogen) atoms. The Morgan fingerprint density at radius 3 is 3.00 bits per heavy atom. The predicted molar refractivity (Wildman–Crippen MR) is 78.4 cm³/mol. The van der Waals surface area contributed by atoms with Gasteiger partial charge in [-0.25, -0.2) is 4.98 Å². The van der Waals surface area contributed by atoms with Crippen LogP contribution < -0.4 is 11.1 Å². The van der Waals surface area contributed by atoms with Crippen LogP contribution in [0.2, 0.25) is 0 Å². The smallest absolute Gasteiger partial charge is 0.326 e. The van der Waals surface area contributed by atoms with E-state index in [1.807, 2.05) is 6.07 Å². The van der Waals surface area contributed by atoms with E-state index in [2.05, 4.69) is 22.4 Å². The number of hydrogen-bond acceptors (Lipinski definition) is 5. The molecular weight excluding hydrogens is 274 g/mol. The van der Waals surface area contributed by atoms with Crippen molar-refractivity contribution in [3.05, 3.63) is 40.4 Å². The molecule has 0 saturated carbocycles. The first-order valence-electron chi connectivity index (χ1n) is 6.46. The fourth-order valence-electron chi connectivity index (χ4n) is 2.39. The SMILES string of the molecule is NC(C(=O)O)c1csc(Nc2ccc3c(c2)CCC3)n1. The van der Waals surface area contributed by atoms with Crippen molar-refractivity contribution in [2.45, 2.75) is 25.3 Å². The summed E-state index contributed by atoms with van der Waals surface area (Å²) < 4.78 is 0. The zero-order chi connectivity index (χ0) is 14.1. The Balaban J connectivity index is 1.76. The molecule has 6 heteroatoms. The van der Waals surface area contributed by atoms with Gasteiger partial charge in [0.25, 0.3) is 0 Å². The monoisotopic (exact) mass is 289 g/mol. The number of aryl methyl sites for hydroxylation is 2. The van der Waals surface area contributed by atoms with Gasteiger partial charge >= 0.3 is 5.97 Å². The third-order valence-electron chi connectivity index (χ3n) is 3.46. The molecule has 0 saturated heterocycles. The maximum atomic E-state index is 10.8. The standard InChI is InChI=1S/C14H15N3O2S/c15-12(13(18)19)11-7-20-14(17-11)16-10-5-4-8-2-1-3-9(8)6-10/h4-7,12H,1-3,15H2,(H,16,17)(H,18,19). The lowest BCUT2D eigenvalue weighted by atomic mass is 10.1. The van der Waals surface area contributed by atoms with E-state index in [0.29, 0.717) is 10.8 Å². The minimum absolute atomic E-state index is 0.381. The number of aliphatic carboxylic acids is 1. The van der Waals surface area contributed by atoms with E-state index in [-0.39, 0.29) is 0 Å². The molecule has 0 bridgehead atoms. The van der Waals surface area contributed by atoms with Gasteiger partial charge in [-0.2, -0.15) is 0 Å². The lowest BCUT2D eigenvalue weighted by Gasteiger charge is -2.06. The van der Waals surface area contributed by atoms with Gasteiger partial charge in [-0.1, -0.05) is 6.07 Å². The van der Waals surface area contributed by atoms with E-state index in [9.17, 15) is 4.79 Å². The number of carbonyl (C=O) groups is 1. The Morgan fingerprint density at radius 2 is 2.20 bits per heavy atom. The Kier molecular flexibility index (Phi) is 3.42. The zero-order valence-corrected chi connectivity index (χ0v) is 11.6. The number of fused-ring (bicyclic) bond motifs is 1. The number of thiazole rings is 1. The topological polar surface area (TPSA) is 88.2 Å². The number of nitrogens with two attached hydrogens (primary N) is 1. The highest BCUT2D eigenvalue weighted by Crippen LogP contribution is 2.28. The van der Waals surface area contributed by atoms with Crippen LogP contribution in [0.1, 0.15) is 29.3 Å². The second-order valence-corrected chi connectivity index (χ2v) is 5.71. The van der Waals surface area contributed by atoms with Gasteiger partial charge < -0.3 is 16.2 Å². The van der Waals surface area contributed by atoms with Crippen molar-refractivity contribution in [1.82, 2.24) is 4.98 Å². The number of rotatable bonds is 4. The van der Waals surface area contributed by atoms with Gasteiger partial charge in [-0.05, 0) is 42.5 Å². The summed E-state index contributed by atoms with van der Waals surface area (Å²) in [7, 11) is 0. The van der Waals surface area contributed by atoms with Gasteiger partial charge in [0, 0.05) is 11.1 Å². The molecule has 0 radical (unpaired) electrons. The number of nitrogens with one attached hydrogen (secondary N) is 1. The van der Waals surface area contributed by atoms with Crippen molar-refractivity contribution in [2.24, 2.45) is 5.73 Å². The second-order valence-electron chi connectivity index (χ2n) is 4.86. The van der Waals surface area contributed by atoms with Crippen LogP contribution >= 0.6 is 11.3 Å². The molecule has 1 aliphatic rings. The number of carboxylic acids is 1. The molecule has 1 aromatic heterocycles. The van der Waals surface area contributed by atoms with Crippen molar-refractivity contribution in [1.29, 1.82) is 0 Å². The number of nitrogens with zero attached hydrogens (tertiary/aromatic N) is 1. The average molecular weight is 289 g/mol. The second kappa shape index (κ2) is 5.22. The molecule has 1 unspecified atom stereocenters. The summed E-state index contributed by atoms with van der Waals surface area (Å²) in [6, 6.07) is 5.24. The highest BCUT2D eigenvalue weighted by Gasteiger charge is 2.18. The summed E-state index contributed by atoms with van der Waals surface area (Å²) in [5.41, 5.74) is 9.70. The summed E-state index contributed by atoms with van der Waals surface area (Å²) in [5, 5.41) is 14.4. The molecule has 0 amide bonds. The Hall–Kier alpha value is -1.92. The number of carboxylic acid groups (broad SMARTS) is 1. The average Bonchev–Trinajstić information content (AvgIpc) is 3.06. The summed E-state index contributed by atoms with van der Waals surface area (Å²) in [6.45, 7) is 0. The van der Waals surface area contributed by atoms with Crippen LogP contribution in [-0.2, 0) is 17.6 Å². The summed E-state index contributed by atoms with van der Waals surface area (Å²) >= 11 is 1.36. The van der Waals surface area contributed by atoms with Gasteiger partial charge in [0.15, 0.2) is 5.13 Å². The third kappa shape index (κ3) is 2.52. The summed E-state index contributed by atoms with van der Waals surface area (Å²) in [5.74, 6) is -1.07. The van der Waals surface area contributed by atoms with Crippen LogP contribution in [0, 0.1) is 0 Å². The summed E-state index contributed by atoms with van der Waals surface area (Å²) in [6.07, 6.45) is 3.50. The van der Waals surface area contributed by atoms with E-state index in [4.69, 9.17) is 10.8 Å². The van der Waals surface area contributed by atoms with Crippen molar-refractivity contribution in [3.8, 4) is 0 Å². The highest BCUT2D eigenvalue weighted by atomic mass is 32.1. The Bertz CT molecular complexity index is 654. The third-order valence-corrected chi connectivity index (χ3v) is 4.23. The molecule has 0 spiro atoms. The van der Waals surface area contributed by atoms with Crippen LogP contribution in [-0.4, -0.2) is 16.1 Å². The lowest BCUT2D eigenvalue weighted by molar-refractivity contribution is -0.138. The number of anilines is 2. The Morgan fingerprint density at radius 1 is 1.40 bits per heavy atom. The molecule has 2 aromatic rings. The normalized spacial score (nSPS) is 14.8. The number of hydrogen-bond donors (Lipinski definition) is 3. The first-order valence-corrected chi connectivity index (χ1v) is 7.34. The van der Waals surface area contributed by atoms with Crippen LogP contribution in [0.15, 0.2) is 23.6 Å². The fraction of sp³-hybridized carbons (Fsp3) is 0.286. The van der Waals surface area contributed by atoms with Gasteiger partial charge in [-0.15, -0.1) is 11.3 Å². The fourth-order valence-corrected chi connectivity index (χ4v) is 3.15. The zero-order valence-electron chi connectivity index (χ0n) is 10.8. The van der Waals surface area contributed by atoms with Crippen molar-refractivity contribution >= 4 is 28.1 Å². The number of aromatic nitrogens is 1. The van der Waals surface area contributed by atoms with Crippen molar-refractivity contribution in [2.75, 3.05) is 5.32 Å². The minimum atomic E-state index is -1.07. The maximum Gasteiger partial charge on any atom is 0.326 e. The molecule has 104 valence electrons. The first kappa shape index (κ1) is 13.1. The number of benzene rings is 1. The van der Waals surface area contributed by atoms with Crippen molar-refractivity contribution in [3.63, 3.8) is 0 Å². The van der Waals surface area contributed by atoms with E-state index in [0.717, 1.165) is 18.5 Å². The molecule has 0 aliphatic heterocycles. The van der Waals surface area contributed by atoms with E-state index >= 15 is 0 Å². The summed E-state index contributed by atoms with van der Waals surface area (Å²) in [4.78, 5) is 15.0. The maximum absolute atomic E-state index is 10.8. The molecule has 3 rings (SSSR count). The first-order chi connectivity index (χ1) is 9.63. The van der Waals surface area contributed by atoms with Crippen LogP contribution in [0.4, 0.5) is 10.8 Å². The van der Waals surface area contributed by atoms with Gasteiger partial charge in [0.2, 0.25) is 0 Å². The Labute approximate surface area is 120 Å². The molecule has 1 atom stereocenters. The molecule has 4 N–H and O–H groups in total. The van der Waals surface area contributed by atoms with E-state index in [1.165, 1.54) is 28.9 Å². The molecule has 0 fully saturated rings. The van der Waals surface area contributed by atoms with Crippen LogP contribution in [0.5, 0.6) is 0 Å². The highest BCUT2D eigenvalue weighted by molar-refractivity contribution is 7.13. The van der Waals surface area contributed by atoms with Gasteiger partial charge in [-0.3, -0.25) is 4.79 Å². The largest absolute Gasteiger partial charge is 0.480 e. The molecule has 5 nitrogen and oxygen atoms in total. The molecule has 1 aromatic carbocycles. The van der Waals surface area contributed by atoms with Crippen LogP contribution in [0.3, 0.4) is 0 Å². The minimum Gasteiger partial charge on any atom is -0.480 e. The van der Waals surface area contributed by atoms with Crippen LogP contribution in [0.25, 0.3) is 0 Å². The molecule has 1 heterocycles. The van der Waals surface area contributed by atoms with Gasteiger partial charge in [0.1, 0.15) is 6.04 Å². The quantitative estimate of drug-likeness (QED) is 0.804. The van der Waals surface area contributed by atoms with Gasteiger partial charge in [0.05, 0.1) is 5.69 Å². The van der Waals surface area contributed by atoms with E-state index < -0.39 is 12.0 Å². The predicted octanol–water partition coefficient (Wildman–Crippen LogP) is 2.46. The van der Waals surface area contributed by atoms with Crippen molar-refractivity contribution < 1.29 is 9.90 Å². The molecular formula is C14H15N3O2S.